The Kier molecular flexibility index (Phi) is 7.32. The molecule has 36 heavy (non-hydrogen) atoms. The van der Waals surface area contributed by atoms with Crippen LogP contribution in [0.1, 0.15) is 62.0 Å². The molecule has 1 aliphatic heterocycles. The molecule has 1 amide bonds. The summed E-state index contributed by atoms with van der Waals surface area (Å²) < 4.78 is 12.1. The molecule has 2 N–H and O–H groups in total. The lowest BCUT2D eigenvalue weighted by Gasteiger charge is -2.46. The number of ether oxygens (including phenoxy) is 2. The minimum absolute atomic E-state index is 0.0613. The van der Waals surface area contributed by atoms with Crippen LogP contribution in [0.4, 0.5) is 0 Å². The highest BCUT2D eigenvalue weighted by molar-refractivity contribution is 5.94. The maximum atomic E-state index is 13.3. The molecule has 0 saturated carbocycles. The minimum Gasteiger partial charge on any atom is -0.489 e. The largest absolute Gasteiger partial charge is 0.489 e. The van der Waals surface area contributed by atoms with Gasteiger partial charge in [0.1, 0.15) is 29.9 Å². The molecule has 1 heterocycles. The molecule has 0 atom stereocenters. The summed E-state index contributed by atoms with van der Waals surface area (Å²) in [4.78, 5) is 13.3. The zero-order valence-corrected chi connectivity index (χ0v) is 21.3. The van der Waals surface area contributed by atoms with Crippen molar-refractivity contribution in [2.24, 2.45) is 0 Å². The summed E-state index contributed by atoms with van der Waals surface area (Å²) in [6.45, 7) is 8.87. The van der Waals surface area contributed by atoms with Gasteiger partial charge in [0.2, 0.25) is 0 Å². The zero-order chi connectivity index (χ0) is 25.8. The first-order valence-corrected chi connectivity index (χ1v) is 12.2. The van der Waals surface area contributed by atoms with Crippen LogP contribution in [0, 0.1) is 11.3 Å². The van der Waals surface area contributed by atoms with E-state index >= 15 is 0 Å². The first-order valence-electron chi connectivity index (χ1n) is 12.2. The molecule has 6 heteroatoms. The number of benzene rings is 3. The summed E-state index contributed by atoms with van der Waals surface area (Å²) in [6, 6.07) is 24.1. The topological polar surface area (TPSA) is 83.4 Å². The number of nitrogens with one attached hydrogen (secondary N) is 2. The van der Waals surface area contributed by atoms with E-state index in [1.54, 1.807) is 36.4 Å². The van der Waals surface area contributed by atoms with Crippen molar-refractivity contribution in [3.63, 3.8) is 0 Å². The van der Waals surface area contributed by atoms with E-state index in [9.17, 15) is 10.1 Å². The Labute approximate surface area is 213 Å². The van der Waals surface area contributed by atoms with Crippen LogP contribution in [0.3, 0.4) is 0 Å². The minimum atomic E-state index is -0.126. The third-order valence-electron chi connectivity index (χ3n) is 6.21. The SMILES string of the molecule is CC1(C)CC(NC(=O)c2ccc(Oc3ccccc3C#N)c(COc3ccccc3)c2)CC(C)(C)N1. The van der Waals surface area contributed by atoms with E-state index < -0.39 is 0 Å². The summed E-state index contributed by atoms with van der Waals surface area (Å²) >= 11 is 0. The Morgan fingerprint density at radius 2 is 1.64 bits per heavy atom. The fraction of sp³-hybridized carbons (Fsp3) is 0.333. The number of nitriles is 1. The first kappa shape index (κ1) is 25.3. The van der Waals surface area contributed by atoms with Crippen LogP contribution in [0.25, 0.3) is 0 Å². The molecule has 4 rings (SSSR count). The van der Waals surface area contributed by atoms with Gasteiger partial charge in [0.05, 0.1) is 5.56 Å². The van der Waals surface area contributed by atoms with E-state index in [-0.39, 0.29) is 29.6 Å². The number of piperidine rings is 1. The maximum Gasteiger partial charge on any atom is 0.251 e. The molecule has 0 spiro atoms. The van der Waals surface area contributed by atoms with Crippen molar-refractivity contribution in [2.75, 3.05) is 0 Å². The van der Waals surface area contributed by atoms with Crippen LogP contribution in [0.2, 0.25) is 0 Å². The van der Waals surface area contributed by atoms with Crippen molar-refractivity contribution in [1.29, 1.82) is 5.26 Å². The molecule has 0 bridgehead atoms. The number of para-hydroxylation sites is 2. The number of amides is 1. The van der Waals surface area contributed by atoms with Crippen molar-refractivity contribution in [1.82, 2.24) is 10.6 Å². The monoisotopic (exact) mass is 483 g/mol. The molecule has 0 radical (unpaired) electrons. The number of carbonyl (C=O) groups excluding carboxylic acids is 1. The molecule has 0 unspecified atom stereocenters. The summed E-state index contributed by atoms with van der Waals surface area (Å²) in [5, 5.41) is 16.3. The quantitative estimate of drug-likeness (QED) is 0.433. The molecule has 0 aromatic heterocycles. The second-order valence-electron chi connectivity index (χ2n) is 10.6. The highest BCUT2D eigenvalue weighted by Gasteiger charge is 2.38. The Bertz CT molecular complexity index is 1250. The number of hydrogen-bond donors (Lipinski definition) is 2. The van der Waals surface area contributed by atoms with Crippen molar-refractivity contribution < 1.29 is 14.3 Å². The molecule has 1 saturated heterocycles. The fourth-order valence-corrected chi connectivity index (χ4v) is 5.07. The maximum absolute atomic E-state index is 13.3. The Balaban J connectivity index is 1.58. The number of rotatable bonds is 7. The van der Waals surface area contributed by atoms with Gasteiger partial charge in [-0.3, -0.25) is 4.79 Å². The molecule has 3 aromatic rings. The van der Waals surface area contributed by atoms with Gasteiger partial charge in [-0.1, -0.05) is 30.3 Å². The third kappa shape index (κ3) is 6.44. The fourth-order valence-electron chi connectivity index (χ4n) is 5.07. The van der Waals surface area contributed by atoms with E-state index in [1.807, 2.05) is 36.4 Å². The van der Waals surface area contributed by atoms with Gasteiger partial charge < -0.3 is 20.1 Å². The van der Waals surface area contributed by atoms with Gasteiger partial charge in [-0.2, -0.15) is 5.26 Å². The van der Waals surface area contributed by atoms with E-state index in [1.165, 1.54) is 0 Å². The predicted octanol–water partition coefficient (Wildman–Crippen LogP) is 5.97. The van der Waals surface area contributed by atoms with Gasteiger partial charge in [0.25, 0.3) is 5.91 Å². The van der Waals surface area contributed by atoms with Crippen LogP contribution in [-0.2, 0) is 6.61 Å². The molecule has 186 valence electrons. The Morgan fingerprint density at radius 3 is 2.33 bits per heavy atom. The van der Waals surface area contributed by atoms with E-state index in [2.05, 4.69) is 44.4 Å². The van der Waals surface area contributed by atoms with Crippen LogP contribution in [-0.4, -0.2) is 23.0 Å². The summed E-state index contributed by atoms with van der Waals surface area (Å²) in [6.07, 6.45) is 1.69. The van der Waals surface area contributed by atoms with Gasteiger partial charge in [-0.15, -0.1) is 0 Å². The average molecular weight is 484 g/mol. The lowest BCUT2D eigenvalue weighted by molar-refractivity contribution is 0.0873. The predicted molar refractivity (Wildman–Crippen MR) is 140 cm³/mol. The van der Waals surface area contributed by atoms with Crippen LogP contribution in [0.5, 0.6) is 17.2 Å². The molecule has 0 aliphatic carbocycles. The molecule has 6 nitrogen and oxygen atoms in total. The lowest BCUT2D eigenvalue weighted by Crippen LogP contribution is -2.62. The highest BCUT2D eigenvalue weighted by Crippen LogP contribution is 2.31. The number of nitrogens with zero attached hydrogens (tertiary/aromatic N) is 1. The van der Waals surface area contributed by atoms with E-state index in [0.717, 1.165) is 18.6 Å². The normalized spacial score (nSPS) is 16.5. The summed E-state index contributed by atoms with van der Waals surface area (Å²) in [5.74, 6) is 1.58. The lowest BCUT2D eigenvalue weighted by atomic mass is 9.79. The van der Waals surface area contributed by atoms with Crippen molar-refractivity contribution >= 4 is 5.91 Å². The standard InChI is InChI=1S/C30H33N3O3/c1-29(2)17-24(18-30(3,4)33-29)32-28(34)21-14-15-27(36-26-13-9-8-10-22(26)19-31)23(16-21)20-35-25-11-6-5-7-12-25/h5-16,24,33H,17-18,20H2,1-4H3,(H,32,34). The van der Waals surface area contributed by atoms with E-state index in [4.69, 9.17) is 9.47 Å². The van der Waals surface area contributed by atoms with Crippen molar-refractivity contribution in [3.8, 4) is 23.3 Å². The number of hydrogen-bond acceptors (Lipinski definition) is 5. The van der Waals surface area contributed by atoms with Gasteiger partial charge in [0.15, 0.2) is 0 Å². The van der Waals surface area contributed by atoms with Gasteiger partial charge in [0, 0.05) is 28.2 Å². The summed E-state index contributed by atoms with van der Waals surface area (Å²) in [5.41, 5.74) is 1.55. The molecule has 1 aliphatic rings. The molecule has 3 aromatic carbocycles. The Morgan fingerprint density at radius 1 is 0.972 bits per heavy atom. The van der Waals surface area contributed by atoms with Crippen LogP contribution in [0.15, 0.2) is 72.8 Å². The highest BCUT2D eigenvalue weighted by atomic mass is 16.5. The second-order valence-corrected chi connectivity index (χ2v) is 10.6. The zero-order valence-electron chi connectivity index (χ0n) is 21.3. The Hall–Kier alpha value is -3.82. The van der Waals surface area contributed by atoms with Crippen molar-refractivity contribution in [2.45, 2.75) is 64.3 Å². The smallest absolute Gasteiger partial charge is 0.251 e. The van der Waals surface area contributed by atoms with Crippen molar-refractivity contribution in [3.05, 3.63) is 89.5 Å². The van der Waals surface area contributed by atoms with E-state index in [0.29, 0.717) is 28.2 Å². The van der Waals surface area contributed by atoms with Crippen LogP contribution < -0.4 is 20.1 Å². The second kappa shape index (κ2) is 10.4. The molecule has 1 fully saturated rings. The molecular formula is C30H33N3O3. The van der Waals surface area contributed by atoms with Crippen LogP contribution >= 0.6 is 0 Å². The van der Waals surface area contributed by atoms with Gasteiger partial charge in [-0.25, -0.2) is 0 Å². The average Bonchev–Trinajstić information content (AvgIpc) is 2.82. The van der Waals surface area contributed by atoms with Gasteiger partial charge in [-0.05, 0) is 83.0 Å². The molecular weight excluding hydrogens is 450 g/mol. The summed E-state index contributed by atoms with van der Waals surface area (Å²) in [7, 11) is 0. The number of carbonyl (C=O) groups is 1. The first-order chi connectivity index (χ1) is 17.1. The van der Waals surface area contributed by atoms with Gasteiger partial charge >= 0.3 is 0 Å². The third-order valence-corrected chi connectivity index (χ3v) is 6.21.